The van der Waals surface area contributed by atoms with Gasteiger partial charge in [-0.15, -0.1) is 0 Å². The standard InChI is InChI=1S/C12H26N2/c1-4-6-11(7-5-2)13-12-8-9-14(3)10-12/h11-13H,4-10H2,1-3H3. The maximum Gasteiger partial charge on any atom is 0.0209 e. The first-order chi connectivity index (χ1) is 6.76. The molecule has 0 aromatic heterocycles. The average molecular weight is 198 g/mol. The summed E-state index contributed by atoms with van der Waals surface area (Å²) in [5, 5.41) is 3.81. The van der Waals surface area contributed by atoms with Gasteiger partial charge in [0, 0.05) is 18.6 Å². The maximum absolute atomic E-state index is 3.81. The highest BCUT2D eigenvalue weighted by molar-refractivity contribution is 4.82. The van der Waals surface area contributed by atoms with Gasteiger partial charge in [-0.3, -0.25) is 0 Å². The summed E-state index contributed by atoms with van der Waals surface area (Å²) in [6.07, 6.45) is 6.63. The van der Waals surface area contributed by atoms with E-state index < -0.39 is 0 Å². The van der Waals surface area contributed by atoms with Crippen molar-refractivity contribution in [1.29, 1.82) is 0 Å². The van der Waals surface area contributed by atoms with E-state index in [0.717, 1.165) is 12.1 Å². The van der Waals surface area contributed by atoms with Crippen LogP contribution in [0.3, 0.4) is 0 Å². The molecule has 0 aromatic carbocycles. The van der Waals surface area contributed by atoms with E-state index in [9.17, 15) is 0 Å². The SMILES string of the molecule is CCCC(CCC)NC1CCN(C)C1. The molecule has 1 fully saturated rings. The van der Waals surface area contributed by atoms with Crippen LogP contribution in [0, 0.1) is 0 Å². The van der Waals surface area contributed by atoms with Crippen LogP contribution in [0.4, 0.5) is 0 Å². The van der Waals surface area contributed by atoms with Crippen molar-refractivity contribution >= 4 is 0 Å². The van der Waals surface area contributed by atoms with Gasteiger partial charge in [-0.2, -0.15) is 0 Å². The van der Waals surface area contributed by atoms with Crippen LogP contribution in [0.5, 0.6) is 0 Å². The van der Waals surface area contributed by atoms with Crippen molar-refractivity contribution in [2.24, 2.45) is 0 Å². The van der Waals surface area contributed by atoms with Crippen molar-refractivity contribution in [3.8, 4) is 0 Å². The van der Waals surface area contributed by atoms with Crippen molar-refractivity contribution in [1.82, 2.24) is 10.2 Å². The zero-order valence-electron chi connectivity index (χ0n) is 10.1. The monoisotopic (exact) mass is 198 g/mol. The Labute approximate surface area is 89.1 Å². The lowest BCUT2D eigenvalue weighted by Crippen LogP contribution is -2.39. The first-order valence-electron chi connectivity index (χ1n) is 6.20. The first kappa shape index (κ1) is 12.0. The molecule has 0 aliphatic carbocycles. The number of rotatable bonds is 6. The van der Waals surface area contributed by atoms with Gasteiger partial charge in [-0.1, -0.05) is 26.7 Å². The average Bonchev–Trinajstić information content (AvgIpc) is 2.52. The zero-order chi connectivity index (χ0) is 10.4. The highest BCUT2D eigenvalue weighted by Gasteiger charge is 2.21. The molecule has 1 rings (SSSR count). The number of nitrogens with zero attached hydrogens (tertiary/aromatic N) is 1. The molecule has 0 saturated carbocycles. The molecule has 2 nitrogen and oxygen atoms in total. The third-order valence-corrected chi connectivity index (χ3v) is 3.14. The summed E-state index contributed by atoms with van der Waals surface area (Å²) < 4.78 is 0. The van der Waals surface area contributed by atoms with E-state index in [1.807, 2.05) is 0 Å². The van der Waals surface area contributed by atoms with Gasteiger partial charge < -0.3 is 10.2 Å². The molecule has 0 amide bonds. The summed E-state index contributed by atoms with van der Waals surface area (Å²) >= 11 is 0. The van der Waals surface area contributed by atoms with Gasteiger partial charge in [0.25, 0.3) is 0 Å². The molecule has 0 radical (unpaired) electrons. The Morgan fingerprint density at radius 3 is 2.36 bits per heavy atom. The van der Waals surface area contributed by atoms with Crippen LogP contribution in [0.25, 0.3) is 0 Å². The quantitative estimate of drug-likeness (QED) is 0.704. The second-order valence-corrected chi connectivity index (χ2v) is 4.69. The highest BCUT2D eigenvalue weighted by Crippen LogP contribution is 2.11. The minimum atomic E-state index is 0.753. The van der Waals surface area contributed by atoms with Crippen LogP contribution >= 0.6 is 0 Å². The van der Waals surface area contributed by atoms with Crippen molar-refractivity contribution in [3.63, 3.8) is 0 Å². The lowest BCUT2D eigenvalue weighted by Gasteiger charge is -2.22. The van der Waals surface area contributed by atoms with Crippen LogP contribution < -0.4 is 5.32 Å². The molecule has 1 heterocycles. The third kappa shape index (κ3) is 3.97. The van der Waals surface area contributed by atoms with E-state index in [-0.39, 0.29) is 0 Å². The summed E-state index contributed by atoms with van der Waals surface area (Å²) in [5.41, 5.74) is 0. The van der Waals surface area contributed by atoms with E-state index >= 15 is 0 Å². The fraction of sp³-hybridized carbons (Fsp3) is 1.00. The molecule has 1 atom stereocenters. The van der Waals surface area contributed by atoms with Crippen LogP contribution in [0.2, 0.25) is 0 Å². The predicted octanol–water partition coefficient (Wildman–Crippen LogP) is 2.25. The third-order valence-electron chi connectivity index (χ3n) is 3.14. The van der Waals surface area contributed by atoms with Crippen molar-refractivity contribution in [3.05, 3.63) is 0 Å². The Hall–Kier alpha value is -0.0800. The normalized spacial score (nSPS) is 23.6. The van der Waals surface area contributed by atoms with Crippen LogP contribution in [-0.4, -0.2) is 37.1 Å². The summed E-state index contributed by atoms with van der Waals surface area (Å²) in [6.45, 7) is 7.07. The molecular weight excluding hydrogens is 172 g/mol. The van der Waals surface area contributed by atoms with Gasteiger partial charge in [0.1, 0.15) is 0 Å². The number of nitrogens with one attached hydrogen (secondary N) is 1. The minimum absolute atomic E-state index is 0.753. The molecular formula is C12H26N2. The van der Waals surface area contributed by atoms with Crippen molar-refractivity contribution in [2.75, 3.05) is 20.1 Å². The number of hydrogen-bond donors (Lipinski definition) is 1. The topological polar surface area (TPSA) is 15.3 Å². The molecule has 0 spiro atoms. The molecule has 0 aromatic rings. The summed E-state index contributed by atoms with van der Waals surface area (Å²) in [5.74, 6) is 0. The number of hydrogen-bond acceptors (Lipinski definition) is 2. The van der Waals surface area contributed by atoms with Gasteiger partial charge in [-0.05, 0) is 32.9 Å². The van der Waals surface area contributed by atoms with E-state index in [4.69, 9.17) is 0 Å². The molecule has 2 heteroatoms. The van der Waals surface area contributed by atoms with Gasteiger partial charge in [-0.25, -0.2) is 0 Å². The largest absolute Gasteiger partial charge is 0.310 e. The molecule has 1 N–H and O–H groups in total. The second kappa shape index (κ2) is 6.41. The predicted molar refractivity (Wildman–Crippen MR) is 62.6 cm³/mol. The molecule has 84 valence electrons. The summed E-state index contributed by atoms with van der Waals surface area (Å²) in [4.78, 5) is 2.42. The van der Waals surface area contributed by atoms with E-state index in [2.05, 4.69) is 31.1 Å². The maximum atomic E-state index is 3.81. The fourth-order valence-corrected chi connectivity index (χ4v) is 2.41. The fourth-order valence-electron chi connectivity index (χ4n) is 2.41. The molecule has 1 unspecified atom stereocenters. The van der Waals surface area contributed by atoms with Gasteiger partial charge in [0.15, 0.2) is 0 Å². The van der Waals surface area contributed by atoms with Crippen LogP contribution in [0.15, 0.2) is 0 Å². The minimum Gasteiger partial charge on any atom is -0.310 e. The van der Waals surface area contributed by atoms with Gasteiger partial charge >= 0.3 is 0 Å². The van der Waals surface area contributed by atoms with Crippen LogP contribution in [-0.2, 0) is 0 Å². The molecule has 14 heavy (non-hydrogen) atoms. The Morgan fingerprint density at radius 2 is 1.93 bits per heavy atom. The Morgan fingerprint density at radius 1 is 1.29 bits per heavy atom. The lowest BCUT2D eigenvalue weighted by atomic mass is 10.1. The Bertz CT molecular complexity index is 141. The van der Waals surface area contributed by atoms with E-state index in [1.165, 1.54) is 45.2 Å². The van der Waals surface area contributed by atoms with Crippen LogP contribution in [0.1, 0.15) is 46.0 Å². The Balaban J connectivity index is 2.24. The number of likely N-dealkylation sites (N-methyl/N-ethyl adjacent to an activating group) is 1. The first-order valence-corrected chi connectivity index (χ1v) is 6.20. The second-order valence-electron chi connectivity index (χ2n) is 4.69. The summed E-state index contributed by atoms with van der Waals surface area (Å²) in [7, 11) is 2.22. The lowest BCUT2D eigenvalue weighted by molar-refractivity contribution is 0.361. The van der Waals surface area contributed by atoms with Crippen molar-refractivity contribution < 1.29 is 0 Å². The highest BCUT2D eigenvalue weighted by atomic mass is 15.2. The Kier molecular flexibility index (Phi) is 5.49. The van der Waals surface area contributed by atoms with Gasteiger partial charge in [0.2, 0.25) is 0 Å². The van der Waals surface area contributed by atoms with E-state index in [0.29, 0.717) is 0 Å². The molecule has 1 aliphatic heterocycles. The molecule has 0 bridgehead atoms. The molecule has 1 aliphatic rings. The molecule has 1 saturated heterocycles. The summed E-state index contributed by atoms with van der Waals surface area (Å²) in [6, 6.07) is 1.52. The smallest absolute Gasteiger partial charge is 0.0209 e. The van der Waals surface area contributed by atoms with E-state index in [1.54, 1.807) is 0 Å². The zero-order valence-corrected chi connectivity index (χ0v) is 10.1. The number of likely N-dealkylation sites (tertiary alicyclic amines) is 1. The van der Waals surface area contributed by atoms with Crippen molar-refractivity contribution in [2.45, 2.75) is 58.0 Å². The van der Waals surface area contributed by atoms with Gasteiger partial charge in [0.05, 0.1) is 0 Å².